The van der Waals surface area contributed by atoms with Crippen LogP contribution in [0.3, 0.4) is 0 Å². The summed E-state index contributed by atoms with van der Waals surface area (Å²) in [5.74, 6) is 0.825. The lowest BCUT2D eigenvalue weighted by Gasteiger charge is -2.17. The molecule has 23 heavy (non-hydrogen) atoms. The lowest BCUT2D eigenvalue weighted by atomic mass is 10.1. The number of fused-ring (bicyclic) bond motifs is 1. The fourth-order valence-electron chi connectivity index (χ4n) is 2.80. The van der Waals surface area contributed by atoms with E-state index in [2.05, 4.69) is 4.99 Å². The molecule has 0 N–H and O–H groups in total. The molecule has 1 amide bonds. The third-order valence-electron chi connectivity index (χ3n) is 4.06. The second-order valence-corrected chi connectivity index (χ2v) is 9.08. The lowest BCUT2D eigenvalue weighted by Crippen LogP contribution is -2.34. The van der Waals surface area contributed by atoms with Gasteiger partial charge in [0.1, 0.15) is 5.75 Å². The Kier molecular flexibility index (Phi) is 4.37. The predicted molar refractivity (Wildman–Crippen MR) is 90.7 cm³/mol. The summed E-state index contributed by atoms with van der Waals surface area (Å²) < 4.78 is 28.4. The van der Waals surface area contributed by atoms with Gasteiger partial charge in [-0.05, 0) is 17.7 Å². The predicted octanol–water partition coefficient (Wildman–Crippen LogP) is 0.964. The highest BCUT2D eigenvalue weighted by Crippen LogP contribution is 2.36. The lowest BCUT2D eigenvalue weighted by molar-refractivity contribution is -0.117. The molecule has 6 nitrogen and oxygen atoms in total. The summed E-state index contributed by atoms with van der Waals surface area (Å²) >= 11 is 1.39. The molecule has 0 aliphatic carbocycles. The molecule has 0 unspecified atom stereocenters. The summed E-state index contributed by atoms with van der Waals surface area (Å²) in [4.78, 5) is 18.1. The molecule has 2 saturated heterocycles. The van der Waals surface area contributed by atoms with Gasteiger partial charge in [0.05, 0.1) is 31.1 Å². The Morgan fingerprint density at radius 1 is 1.35 bits per heavy atom. The van der Waals surface area contributed by atoms with E-state index in [-0.39, 0.29) is 35.1 Å². The Morgan fingerprint density at radius 3 is 2.65 bits per heavy atom. The summed E-state index contributed by atoms with van der Waals surface area (Å²) in [5.41, 5.74) is 0.869. The number of carbonyl (C=O) groups is 1. The van der Waals surface area contributed by atoms with Crippen molar-refractivity contribution in [2.45, 2.75) is 17.7 Å². The Balaban J connectivity index is 1.66. The molecule has 1 aromatic rings. The number of sulfone groups is 1. The van der Waals surface area contributed by atoms with Crippen LogP contribution in [0.15, 0.2) is 29.3 Å². The van der Waals surface area contributed by atoms with Gasteiger partial charge in [-0.2, -0.15) is 4.99 Å². The van der Waals surface area contributed by atoms with Gasteiger partial charge >= 0.3 is 0 Å². The monoisotopic (exact) mass is 354 g/mol. The van der Waals surface area contributed by atoms with E-state index in [1.54, 1.807) is 26.3 Å². The molecule has 8 heteroatoms. The van der Waals surface area contributed by atoms with Crippen molar-refractivity contribution < 1.29 is 17.9 Å². The molecule has 1 aromatic carbocycles. The maximum Gasteiger partial charge on any atom is 0.252 e. The number of rotatable bonds is 3. The summed E-state index contributed by atoms with van der Waals surface area (Å²) in [7, 11) is 0.437. The number of hydrogen-bond acceptors (Lipinski definition) is 5. The molecule has 0 spiro atoms. The zero-order chi connectivity index (χ0) is 16.6. The van der Waals surface area contributed by atoms with Gasteiger partial charge in [0.15, 0.2) is 15.0 Å². The van der Waals surface area contributed by atoms with E-state index in [9.17, 15) is 13.2 Å². The average molecular weight is 354 g/mol. The van der Waals surface area contributed by atoms with Crippen molar-refractivity contribution in [1.29, 1.82) is 0 Å². The number of benzene rings is 1. The van der Waals surface area contributed by atoms with E-state index < -0.39 is 9.84 Å². The number of amides is 1. The Hall–Kier alpha value is -1.54. The third kappa shape index (κ3) is 3.53. The first kappa shape index (κ1) is 16.3. The molecular weight excluding hydrogens is 336 g/mol. The number of aliphatic imine (C=N–C) groups is 1. The fourth-order valence-corrected chi connectivity index (χ4v) is 6.81. The van der Waals surface area contributed by atoms with E-state index in [1.165, 1.54) is 11.8 Å². The maximum atomic E-state index is 12.1. The Morgan fingerprint density at radius 2 is 2.04 bits per heavy atom. The molecule has 0 saturated carbocycles. The minimum atomic E-state index is -2.96. The second-order valence-electron chi connectivity index (χ2n) is 5.72. The first-order chi connectivity index (χ1) is 10.9. The fraction of sp³-hybridized carbons (Fsp3) is 0.467. The molecule has 2 atom stereocenters. The van der Waals surface area contributed by atoms with Crippen molar-refractivity contribution >= 4 is 32.7 Å². The van der Waals surface area contributed by atoms with Gasteiger partial charge in [-0.15, -0.1) is 0 Å². The van der Waals surface area contributed by atoms with Gasteiger partial charge in [-0.25, -0.2) is 8.42 Å². The first-order valence-corrected chi connectivity index (χ1v) is 9.92. The largest absolute Gasteiger partial charge is 0.497 e. The molecule has 124 valence electrons. The van der Waals surface area contributed by atoms with E-state index in [4.69, 9.17) is 4.74 Å². The maximum absolute atomic E-state index is 12.1. The van der Waals surface area contributed by atoms with E-state index >= 15 is 0 Å². The highest BCUT2D eigenvalue weighted by Gasteiger charge is 2.47. The number of carbonyl (C=O) groups excluding carboxylic acids is 1. The van der Waals surface area contributed by atoms with Crippen LogP contribution in [0.1, 0.15) is 5.56 Å². The van der Waals surface area contributed by atoms with Crippen LogP contribution in [-0.2, 0) is 21.1 Å². The van der Waals surface area contributed by atoms with Crippen LogP contribution in [-0.4, -0.2) is 61.3 Å². The van der Waals surface area contributed by atoms with Crippen LogP contribution in [0.2, 0.25) is 0 Å². The summed E-state index contributed by atoms with van der Waals surface area (Å²) in [5, 5.41) is 0.603. The number of amidine groups is 1. The van der Waals surface area contributed by atoms with Gasteiger partial charge in [0.2, 0.25) is 0 Å². The first-order valence-electron chi connectivity index (χ1n) is 7.22. The Bertz CT molecular complexity index is 743. The number of nitrogens with zero attached hydrogens (tertiary/aromatic N) is 2. The van der Waals surface area contributed by atoms with E-state index in [0.717, 1.165) is 11.3 Å². The van der Waals surface area contributed by atoms with E-state index in [1.807, 2.05) is 17.0 Å². The quantitative estimate of drug-likeness (QED) is 0.805. The third-order valence-corrected chi connectivity index (χ3v) is 7.36. The van der Waals surface area contributed by atoms with Crippen LogP contribution >= 0.6 is 11.8 Å². The number of hydrogen-bond donors (Lipinski definition) is 0. The van der Waals surface area contributed by atoms with Gasteiger partial charge in [-0.1, -0.05) is 23.9 Å². The zero-order valence-corrected chi connectivity index (χ0v) is 14.6. The van der Waals surface area contributed by atoms with Crippen molar-refractivity contribution in [2.75, 3.05) is 25.7 Å². The van der Waals surface area contributed by atoms with Crippen LogP contribution < -0.4 is 4.74 Å². The van der Waals surface area contributed by atoms with Crippen LogP contribution in [0.25, 0.3) is 0 Å². The number of thioether (sulfide) groups is 1. The van der Waals surface area contributed by atoms with Crippen molar-refractivity contribution in [3.8, 4) is 5.75 Å². The molecule has 2 fully saturated rings. The standard InChI is InChI=1S/C15H18N2O4S2/c1-17-12-8-23(19,20)9-13(12)22-15(17)16-14(18)7-10-3-5-11(21-2)6-4-10/h3-6,12-13H,7-9H2,1-2H3/t12-,13+/m1/s1. The average Bonchev–Trinajstić information content (AvgIpc) is 2.94. The van der Waals surface area contributed by atoms with Crippen molar-refractivity contribution in [1.82, 2.24) is 4.90 Å². The molecule has 2 aliphatic heterocycles. The minimum absolute atomic E-state index is 0.0162. The van der Waals surface area contributed by atoms with Crippen LogP contribution in [0, 0.1) is 0 Å². The summed E-state index contributed by atoms with van der Waals surface area (Å²) in [6.07, 6.45) is 0.218. The molecule has 0 bridgehead atoms. The van der Waals surface area contributed by atoms with Crippen molar-refractivity contribution in [3.05, 3.63) is 29.8 Å². The van der Waals surface area contributed by atoms with Crippen LogP contribution in [0.4, 0.5) is 0 Å². The molecule has 2 heterocycles. The highest BCUT2D eigenvalue weighted by atomic mass is 32.2. The van der Waals surface area contributed by atoms with E-state index in [0.29, 0.717) is 5.17 Å². The number of methoxy groups -OCH3 is 1. The van der Waals surface area contributed by atoms with Gasteiger partial charge in [-0.3, -0.25) is 4.79 Å². The normalized spacial score (nSPS) is 27.2. The summed E-state index contributed by atoms with van der Waals surface area (Å²) in [6, 6.07) is 7.22. The van der Waals surface area contributed by atoms with Crippen molar-refractivity contribution in [2.24, 2.45) is 4.99 Å². The molecular formula is C15H18N2O4S2. The smallest absolute Gasteiger partial charge is 0.252 e. The zero-order valence-electron chi connectivity index (χ0n) is 12.9. The second kappa shape index (κ2) is 6.16. The SMILES string of the molecule is COc1ccc(CC(=O)N=C2S[C@H]3CS(=O)(=O)C[C@H]3N2C)cc1. The molecule has 0 aromatic heterocycles. The van der Waals surface area contributed by atoms with Gasteiger partial charge < -0.3 is 9.64 Å². The van der Waals surface area contributed by atoms with Crippen molar-refractivity contribution in [3.63, 3.8) is 0 Å². The topological polar surface area (TPSA) is 76.0 Å². The minimum Gasteiger partial charge on any atom is -0.497 e. The number of ether oxygens (including phenoxy) is 1. The van der Waals surface area contributed by atoms with Gasteiger partial charge in [0.25, 0.3) is 5.91 Å². The van der Waals surface area contributed by atoms with Gasteiger partial charge in [0, 0.05) is 12.3 Å². The van der Waals surface area contributed by atoms with Crippen LogP contribution in [0.5, 0.6) is 5.75 Å². The molecule has 2 aliphatic rings. The molecule has 0 radical (unpaired) electrons. The highest BCUT2D eigenvalue weighted by molar-refractivity contribution is 8.15. The Labute approximate surface area is 139 Å². The molecule has 3 rings (SSSR count). The summed E-state index contributed by atoms with van der Waals surface area (Å²) in [6.45, 7) is 0.